The van der Waals surface area contributed by atoms with E-state index in [0.717, 1.165) is 40.1 Å². The van der Waals surface area contributed by atoms with Gasteiger partial charge in [0, 0.05) is 13.1 Å². The Morgan fingerprint density at radius 1 is 1.00 bits per heavy atom. The van der Waals surface area contributed by atoms with Crippen LogP contribution >= 0.6 is 0 Å². The molecular weight excluding hydrogens is 450 g/mol. The maximum Gasteiger partial charge on any atom is 0.244 e. The fourth-order valence-electron chi connectivity index (χ4n) is 3.77. The number of benzene rings is 2. The zero-order valence-electron chi connectivity index (χ0n) is 20.9. The molecule has 2 rings (SSSR count). The van der Waals surface area contributed by atoms with Gasteiger partial charge >= 0.3 is 0 Å². The van der Waals surface area contributed by atoms with Gasteiger partial charge in [0.15, 0.2) is 0 Å². The number of carbonyl (C=O) groups is 2. The Morgan fingerprint density at radius 2 is 1.65 bits per heavy atom. The highest BCUT2D eigenvalue weighted by molar-refractivity contribution is 7.92. The second-order valence-corrected chi connectivity index (χ2v) is 10.4. The number of nitrogens with zero attached hydrogens (tertiary/aromatic N) is 2. The quantitative estimate of drug-likeness (QED) is 0.495. The lowest BCUT2D eigenvalue weighted by atomic mass is 10.1. The van der Waals surface area contributed by atoms with Crippen molar-refractivity contribution < 1.29 is 18.0 Å². The second-order valence-electron chi connectivity index (χ2n) is 8.45. The first-order valence-corrected chi connectivity index (χ1v) is 13.6. The van der Waals surface area contributed by atoms with E-state index in [-0.39, 0.29) is 19.0 Å². The van der Waals surface area contributed by atoms with Crippen molar-refractivity contribution in [3.8, 4) is 0 Å². The topological polar surface area (TPSA) is 86.8 Å². The summed E-state index contributed by atoms with van der Waals surface area (Å²) in [5.41, 5.74) is 3.41. The third-order valence-electron chi connectivity index (χ3n) is 5.85. The van der Waals surface area contributed by atoms with Gasteiger partial charge in [0.05, 0.1) is 11.9 Å². The van der Waals surface area contributed by atoms with E-state index in [4.69, 9.17) is 0 Å². The van der Waals surface area contributed by atoms with E-state index in [1.54, 1.807) is 12.1 Å². The number of rotatable bonds is 12. The number of nitrogens with one attached hydrogen (secondary N) is 1. The van der Waals surface area contributed by atoms with E-state index in [1.165, 1.54) is 4.90 Å². The largest absolute Gasteiger partial charge is 0.354 e. The molecule has 2 amide bonds. The van der Waals surface area contributed by atoms with Crippen LogP contribution in [0, 0.1) is 6.92 Å². The molecule has 2 aromatic carbocycles. The van der Waals surface area contributed by atoms with Crippen molar-refractivity contribution in [3.05, 3.63) is 65.2 Å². The fourth-order valence-corrected chi connectivity index (χ4v) is 4.62. The van der Waals surface area contributed by atoms with Crippen molar-refractivity contribution in [1.29, 1.82) is 0 Å². The lowest BCUT2D eigenvalue weighted by Gasteiger charge is -2.33. The average molecular weight is 488 g/mol. The molecule has 1 unspecified atom stereocenters. The summed E-state index contributed by atoms with van der Waals surface area (Å²) in [6.07, 6.45) is 3.11. The molecule has 1 atom stereocenters. The summed E-state index contributed by atoms with van der Waals surface area (Å²) in [7, 11) is -3.73. The standard InChI is InChI=1S/C26H37N3O4S/c1-6-17-27-26(31)24(8-3)28(18-22-12-10-9-11-20(22)4)25(30)19-29(34(5,32)33)23-15-13-21(7-2)14-16-23/h9-16,24H,6-8,17-19H2,1-5H3,(H,27,31). The molecule has 0 aromatic heterocycles. The van der Waals surface area contributed by atoms with Gasteiger partial charge in [-0.3, -0.25) is 13.9 Å². The summed E-state index contributed by atoms with van der Waals surface area (Å²) < 4.78 is 26.4. The Balaban J connectivity index is 2.42. The first-order chi connectivity index (χ1) is 16.1. The van der Waals surface area contributed by atoms with Crippen LogP contribution in [0.1, 0.15) is 50.3 Å². The van der Waals surface area contributed by atoms with Crippen molar-refractivity contribution in [2.24, 2.45) is 0 Å². The molecule has 8 heteroatoms. The molecule has 1 N–H and O–H groups in total. The summed E-state index contributed by atoms with van der Waals surface area (Å²) in [5.74, 6) is -0.656. The van der Waals surface area contributed by atoms with Crippen molar-refractivity contribution >= 4 is 27.5 Å². The molecule has 0 bridgehead atoms. The number of aryl methyl sites for hydroxylation is 2. The highest BCUT2D eigenvalue weighted by Gasteiger charge is 2.31. The molecule has 34 heavy (non-hydrogen) atoms. The third-order valence-corrected chi connectivity index (χ3v) is 6.99. The van der Waals surface area contributed by atoms with Gasteiger partial charge < -0.3 is 10.2 Å². The normalized spacial score (nSPS) is 12.1. The number of sulfonamides is 1. The van der Waals surface area contributed by atoms with Crippen LogP contribution in [0.2, 0.25) is 0 Å². The molecule has 0 radical (unpaired) electrons. The van der Waals surface area contributed by atoms with Gasteiger partial charge in [0.25, 0.3) is 0 Å². The second kappa shape index (κ2) is 12.6. The molecule has 0 saturated carbocycles. The molecule has 7 nitrogen and oxygen atoms in total. The molecule has 186 valence electrons. The summed E-state index contributed by atoms with van der Waals surface area (Å²) >= 11 is 0. The maximum atomic E-state index is 13.6. The van der Waals surface area contributed by atoms with Crippen LogP contribution < -0.4 is 9.62 Å². The van der Waals surface area contributed by atoms with Crippen molar-refractivity contribution in [3.63, 3.8) is 0 Å². The van der Waals surface area contributed by atoms with Crippen molar-refractivity contribution in [2.45, 2.75) is 59.5 Å². The minimum atomic E-state index is -3.73. The lowest BCUT2D eigenvalue weighted by Crippen LogP contribution is -2.52. The van der Waals surface area contributed by atoms with Crippen LogP contribution in [-0.4, -0.2) is 50.5 Å². The highest BCUT2D eigenvalue weighted by Crippen LogP contribution is 2.21. The van der Waals surface area contributed by atoms with Crippen molar-refractivity contribution in [2.75, 3.05) is 23.7 Å². The van der Waals surface area contributed by atoms with E-state index >= 15 is 0 Å². The van der Waals surface area contributed by atoms with E-state index in [0.29, 0.717) is 18.7 Å². The Kier molecular flexibility index (Phi) is 10.1. The van der Waals surface area contributed by atoms with Gasteiger partial charge in [-0.15, -0.1) is 0 Å². The minimum Gasteiger partial charge on any atom is -0.354 e. The van der Waals surface area contributed by atoms with Gasteiger partial charge in [-0.2, -0.15) is 0 Å². The van der Waals surface area contributed by atoms with Crippen LogP contribution in [-0.2, 0) is 32.6 Å². The predicted octanol–water partition coefficient (Wildman–Crippen LogP) is 3.66. The zero-order valence-corrected chi connectivity index (χ0v) is 21.7. The smallest absolute Gasteiger partial charge is 0.244 e. The molecule has 0 heterocycles. The van der Waals surface area contributed by atoms with Gasteiger partial charge in [-0.05, 0) is 55.0 Å². The molecule has 0 aliphatic carbocycles. The van der Waals surface area contributed by atoms with Crippen LogP contribution in [0.5, 0.6) is 0 Å². The Bertz CT molecular complexity index is 1070. The Labute approximate surface area is 204 Å². The molecule has 0 fully saturated rings. The molecular formula is C26H37N3O4S. The molecule has 0 aliphatic rings. The lowest BCUT2D eigenvalue weighted by molar-refractivity contribution is -0.140. The van der Waals surface area contributed by atoms with Crippen LogP contribution in [0.4, 0.5) is 5.69 Å². The Hall–Kier alpha value is -2.87. The summed E-state index contributed by atoms with van der Waals surface area (Å²) in [5, 5.41) is 2.88. The predicted molar refractivity (Wildman–Crippen MR) is 137 cm³/mol. The van der Waals surface area contributed by atoms with Crippen LogP contribution in [0.3, 0.4) is 0 Å². The van der Waals surface area contributed by atoms with E-state index in [9.17, 15) is 18.0 Å². The first-order valence-electron chi connectivity index (χ1n) is 11.8. The van der Waals surface area contributed by atoms with Gasteiger partial charge in [0.2, 0.25) is 21.8 Å². The summed E-state index contributed by atoms with van der Waals surface area (Å²) in [6.45, 7) is 8.14. The molecule has 2 aromatic rings. The van der Waals surface area contributed by atoms with E-state index in [2.05, 4.69) is 5.32 Å². The Morgan fingerprint density at radius 3 is 2.18 bits per heavy atom. The van der Waals surface area contributed by atoms with Gasteiger partial charge in [-0.25, -0.2) is 8.42 Å². The van der Waals surface area contributed by atoms with Crippen molar-refractivity contribution in [1.82, 2.24) is 10.2 Å². The number of hydrogen-bond donors (Lipinski definition) is 1. The number of amides is 2. The van der Waals surface area contributed by atoms with Gasteiger partial charge in [0.1, 0.15) is 12.6 Å². The van der Waals surface area contributed by atoms with Gasteiger partial charge in [-0.1, -0.05) is 57.2 Å². The zero-order chi connectivity index (χ0) is 25.3. The van der Waals surface area contributed by atoms with Crippen LogP contribution in [0.25, 0.3) is 0 Å². The minimum absolute atomic E-state index is 0.218. The van der Waals surface area contributed by atoms with E-state index in [1.807, 2.05) is 64.1 Å². The number of anilines is 1. The molecule has 0 aliphatic heterocycles. The monoisotopic (exact) mass is 487 g/mol. The maximum absolute atomic E-state index is 13.6. The number of hydrogen-bond acceptors (Lipinski definition) is 4. The fraction of sp³-hybridized carbons (Fsp3) is 0.462. The summed E-state index contributed by atoms with van der Waals surface area (Å²) in [4.78, 5) is 28.1. The first kappa shape index (κ1) is 27.4. The summed E-state index contributed by atoms with van der Waals surface area (Å²) in [6, 6.07) is 14.1. The SMILES string of the molecule is CCCNC(=O)C(CC)N(Cc1ccccc1C)C(=O)CN(c1ccc(CC)cc1)S(C)(=O)=O. The average Bonchev–Trinajstić information content (AvgIpc) is 2.81. The van der Waals surface area contributed by atoms with E-state index < -0.39 is 22.0 Å². The molecule has 0 spiro atoms. The molecule has 0 saturated heterocycles. The number of carbonyl (C=O) groups excluding carboxylic acids is 2. The third kappa shape index (κ3) is 7.32. The highest BCUT2D eigenvalue weighted by atomic mass is 32.2. The van der Waals surface area contributed by atoms with Crippen LogP contribution in [0.15, 0.2) is 48.5 Å².